The van der Waals surface area contributed by atoms with E-state index in [4.69, 9.17) is 24.4 Å². The molecule has 0 unspecified atom stereocenters. The molecule has 0 bridgehead atoms. The lowest BCUT2D eigenvalue weighted by Gasteiger charge is -1.94. The van der Waals surface area contributed by atoms with Gasteiger partial charge in [-0.25, -0.2) is 9.36 Å². The second-order valence-corrected chi connectivity index (χ2v) is 3.39. The number of hydrogen-bond donors (Lipinski definition) is 4. The second kappa shape index (κ2) is 7.70. The van der Waals surface area contributed by atoms with Crippen LogP contribution in [-0.4, -0.2) is 25.8 Å². The highest BCUT2D eigenvalue weighted by Crippen LogP contribution is 2.25. The average molecular weight is 226 g/mol. The number of phosphoric acid groups is 1. The number of aliphatic carboxylic acids is 1. The minimum absolute atomic E-state index is 0.836. The molecule has 7 heteroatoms. The highest BCUT2D eigenvalue weighted by atomic mass is 31.2. The summed E-state index contributed by atoms with van der Waals surface area (Å²) in [6.07, 6.45) is 2.95. The van der Waals surface area contributed by atoms with Crippen molar-refractivity contribution >= 4 is 13.8 Å². The molecule has 0 spiro atoms. The first kappa shape index (κ1) is 15.8. The standard InChI is InChI=1S/C7H12O2.H3O4P/c1-3-6(4-2)5-7(8)9;1-5(2,3)4/h5H,3-4H2,1-2H3,(H,8,9);(H3,1,2,3,4). The van der Waals surface area contributed by atoms with Crippen molar-refractivity contribution in [1.29, 1.82) is 0 Å². The summed E-state index contributed by atoms with van der Waals surface area (Å²) >= 11 is 0. The fraction of sp³-hybridized carbons (Fsp3) is 0.571. The summed E-state index contributed by atoms with van der Waals surface area (Å²) in [5.74, 6) is -0.839. The predicted octanol–water partition coefficient (Wildman–Crippen LogP) is 0.889. The van der Waals surface area contributed by atoms with E-state index < -0.39 is 13.8 Å². The van der Waals surface area contributed by atoms with Gasteiger partial charge >= 0.3 is 13.8 Å². The Morgan fingerprint density at radius 2 is 1.50 bits per heavy atom. The maximum atomic E-state index is 10.1. The van der Waals surface area contributed by atoms with Gasteiger partial charge in [-0.05, 0) is 12.8 Å². The Labute approximate surface area is 82.1 Å². The lowest BCUT2D eigenvalue weighted by atomic mass is 10.1. The number of allylic oxidation sites excluding steroid dienone is 1. The molecule has 0 radical (unpaired) electrons. The molecule has 84 valence electrons. The van der Waals surface area contributed by atoms with Crippen molar-refractivity contribution in [3.63, 3.8) is 0 Å². The third-order valence-corrected chi connectivity index (χ3v) is 1.24. The predicted molar refractivity (Wildman–Crippen MR) is 50.6 cm³/mol. The molecule has 0 saturated carbocycles. The summed E-state index contributed by atoms with van der Waals surface area (Å²) < 4.78 is 8.88. The molecular formula is C7H15O6P. The van der Waals surface area contributed by atoms with Gasteiger partial charge in [0.05, 0.1) is 0 Å². The molecule has 6 nitrogen and oxygen atoms in total. The first-order valence-electron chi connectivity index (χ1n) is 3.91. The van der Waals surface area contributed by atoms with E-state index in [1.807, 2.05) is 13.8 Å². The Morgan fingerprint density at radius 3 is 1.57 bits per heavy atom. The molecule has 0 atom stereocenters. The monoisotopic (exact) mass is 226 g/mol. The maximum Gasteiger partial charge on any atom is 0.466 e. The molecule has 0 aromatic rings. The lowest BCUT2D eigenvalue weighted by Crippen LogP contribution is -1.90. The number of carboxylic acid groups (broad SMARTS) is 1. The minimum atomic E-state index is -4.64. The number of rotatable bonds is 3. The van der Waals surface area contributed by atoms with Crippen LogP contribution < -0.4 is 0 Å². The van der Waals surface area contributed by atoms with Crippen molar-refractivity contribution in [2.45, 2.75) is 26.7 Å². The van der Waals surface area contributed by atoms with E-state index in [1.54, 1.807) is 0 Å². The van der Waals surface area contributed by atoms with Crippen LogP contribution in [0.1, 0.15) is 26.7 Å². The SMILES string of the molecule is CCC(=CC(=O)O)CC.O=P(O)(O)O. The van der Waals surface area contributed by atoms with Crippen LogP contribution in [0.15, 0.2) is 11.6 Å². The fourth-order valence-corrected chi connectivity index (χ4v) is 0.629. The van der Waals surface area contributed by atoms with E-state index in [1.165, 1.54) is 6.08 Å². The van der Waals surface area contributed by atoms with Crippen LogP contribution in [0.2, 0.25) is 0 Å². The van der Waals surface area contributed by atoms with E-state index in [0.717, 1.165) is 18.4 Å². The van der Waals surface area contributed by atoms with Crippen LogP contribution >= 0.6 is 7.82 Å². The van der Waals surface area contributed by atoms with E-state index in [9.17, 15) is 4.79 Å². The smallest absolute Gasteiger partial charge is 0.466 e. The largest absolute Gasteiger partial charge is 0.478 e. The average Bonchev–Trinajstić information content (AvgIpc) is 1.96. The quantitative estimate of drug-likeness (QED) is 0.419. The van der Waals surface area contributed by atoms with Gasteiger partial charge in [0.1, 0.15) is 0 Å². The normalized spacial score (nSPS) is 9.79. The third kappa shape index (κ3) is 22.5. The van der Waals surface area contributed by atoms with Crippen LogP contribution in [0, 0.1) is 0 Å². The van der Waals surface area contributed by atoms with Gasteiger partial charge in [-0.2, -0.15) is 0 Å². The van der Waals surface area contributed by atoms with E-state index >= 15 is 0 Å². The second-order valence-electron chi connectivity index (χ2n) is 2.36. The van der Waals surface area contributed by atoms with E-state index in [-0.39, 0.29) is 0 Å². The molecule has 0 aliphatic heterocycles. The highest BCUT2D eigenvalue weighted by molar-refractivity contribution is 7.45. The van der Waals surface area contributed by atoms with Crippen LogP contribution in [-0.2, 0) is 9.36 Å². The number of carboxylic acids is 1. The summed E-state index contributed by atoms with van der Waals surface area (Å²) in [7, 11) is -4.64. The summed E-state index contributed by atoms with van der Waals surface area (Å²) in [5.41, 5.74) is 0.988. The van der Waals surface area contributed by atoms with Gasteiger partial charge in [0, 0.05) is 6.08 Å². The summed E-state index contributed by atoms with van der Waals surface area (Å²) in [4.78, 5) is 31.6. The van der Waals surface area contributed by atoms with Gasteiger partial charge in [0.2, 0.25) is 0 Å². The molecule has 0 fully saturated rings. The van der Waals surface area contributed by atoms with Crippen LogP contribution in [0.4, 0.5) is 0 Å². The van der Waals surface area contributed by atoms with Gasteiger partial charge in [-0.3, -0.25) is 0 Å². The van der Waals surface area contributed by atoms with Crippen molar-refractivity contribution in [3.05, 3.63) is 11.6 Å². The van der Waals surface area contributed by atoms with Gasteiger partial charge < -0.3 is 19.8 Å². The Bertz CT molecular complexity index is 226. The van der Waals surface area contributed by atoms with Crippen molar-refractivity contribution in [2.75, 3.05) is 0 Å². The number of carbonyl (C=O) groups is 1. The molecule has 0 aromatic heterocycles. The molecule has 0 amide bonds. The lowest BCUT2D eigenvalue weighted by molar-refractivity contribution is -0.131. The molecule has 4 N–H and O–H groups in total. The van der Waals surface area contributed by atoms with Crippen molar-refractivity contribution < 1.29 is 29.1 Å². The summed E-state index contributed by atoms with van der Waals surface area (Å²) in [5, 5.41) is 8.27. The molecule has 0 aliphatic carbocycles. The molecule has 14 heavy (non-hydrogen) atoms. The van der Waals surface area contributed by atoms with Gasteiger partial charge in [-0.1, -0.05) is 19.4 Å². The maximum absolute atomic E-state index is 10.1. The van der Waals surface area contributed by atoms with E-state index in [2.05, 4.69) is 0 Å². The van der Waals surface area contributed by atoms with Crippen molar-refractivity contribution in [1.82, 2.24) is 0 Å². The molecule has 0 aromatic carbocycles. The Balaban J connectivity index is 0. The zero-order valence-electron chi connectivity index (χ0n) is 8.04. The first-order valence-corrected chi connectivity index (χ1v) is 5.47. The Hall–Kier alpha value is -0.680. The minimum Gasteiger partial charge on any atom is -0.478 e. The fourth-order valence-electron chi connectivity index (χ4n) is 0.629. The Kier molecular flexibility index (Phi) is 8.68. The summed E-state index contributed by atoms with van der Waals surface area (Å²) in [6.45, 7) is 3.91. The topological polar surface area (TPSA) is 115 Å². The summed E-state index contributed by atoms with van der Waals surface area (Å²) in [6, 6.07) is 0. The zero-order valence-corrected chi connectivity index (χ0v) is 8.94. The van der Waals surface area contributed by atoms with Crippen molar-refractivity contribution in [3.8, 4) is 0 Å². The molecule has 0 rings (SSSR count). The highest BCUT2D eigenvalue weighted by Gasteiger charge is 2.00. The first-order chi connectivity index (χ1) is 6.20. The van der Waals surface area contributed by atoms with Crippen LogP contribution in [0.5, 0.6) is 0 Å². The molecule has 0 saturated heterocycles. The molecular weight excluding hydrogens is 211 g/mol. The number of hydrogen-bond acceptors (Lipinski definition) is 2. The zero-order chi connectivity index (χ0) is 11.8. The van der Waals surface area contributed by atoms with Gasteiger partial charge in [-0.15, -0.1) is 0 Å². The molecule has 0 heterocycles. The van der Waals surface area contributed by atoms with Gasteiger partial charge in [0.25, 0.3) is 0 Å². The van der Waals surface area contributed by atoms with Gasteiger partial charge in [0.15, 0.2) is 0 Å². The van der Waals surface area contributed by atoms with E-state index in [0.29, 0.717) is 0 Å². The molecule has 0 aliphatic rings. The van der Waals surface area contributed by atoms with Crippen molar-refractivity contribution in [2.24, 2.45) is 0 Å². The van der Waals surface area contributed by atoms with Crippen LogP contribution in [0.3, 0.4) is 0 Å². The third-order valence-electron chi connectivity index (χ3n) is 1.24. The van der Waals surface area contributed by atoms with Crippen LogP contribution in [0.25, 0.3) is 0 Å². The Morgan fingerprint density at radius 1 is 1.21 bits per heavy atom.